The highest BCUT2D eigenvalue weighted by Crippen LogP contribution is 2.15. The standard InChI is InChI=1S/C7H13NO2/c1-5(7(9)10)2-6-3-8-4-6/h5-6,8H,2-4H2,1H3,(H,9,10). The highest BCUT2D eigenvalue weighted by molar-refractivity contribution is 5.69. The Morgan fingerprint density at radius 3 is 2.70 bits per heavy atom. The van der Waals surface area contributed by atoms with Crippen molar-refractivity contribution in [1.82, 2.24) is 5.32 Å². The average molecular weight is 143 g/mol. The summed E-state index contributed by atoms with van der Waals surface area (Å²) in [6.07, 6.45) is 0.822. The molecule has 1 aliphatic rings. The van der Waals surface area contributed by atoms with E-state index in [1.807, 2.05) is 0 Å². The Bertz CT molecular complexity index is 132. The van der Waals surface area contributed by atoms with E-state index in [2.05, 4.69) is 5.32 Å². The van der Waals surface area contributed by atoms with Crippen LogP contribution in [0.5, 0.6) is 0 Å². The molecule has 0 aromatic carbocycles. The van der Waals surface area contributed by atoms with Gasteiger partial charge < -0.3 is 10.4 Å². The van der Waals surface area contributed by atoms with Gasteiger partial charge in [-0.2, -0.15) is 0 Å². The molecular formula is C7H13NO2. The summed E-state index contributed by atoms with van der Waals surface area (Å²) in [6.45, 7) is 3.76. The van der Waals surface area contributed by atoms with Crippen molar-refractivity contribution < 1.29 is 9.90 Å². The molecule has 58 valence electrons. The van der Waals surface area contributed by atoms with Crippen LogP contribution in [-0.2, 0) is 4.79 Å². The van der Waals surface area contributed by atoms with Crippen LogP contribution >= 0.6 is 0 Å². The van der Waals surface area contributed by atoms with Crippen molar-refractivity contribution in [3.05, 3.63) is 0 Å². The Morgan fingerprint density at radius 2 is 2.40 bits per heavy atom. The molecule has 2 N–H and O–H groups in total. The summed E-state index contributed by atoms with van der Waals surface area (Å²) >= 11 is 0. The lowest BCUT2D eigenvalue weighted by Gasteiger charge is -2.28. The van der Waals surface area contributed by atoms with Gasteiger partial charge in [0.15, 0.2) is 0 Å². The lowest BCUT2D eigenvalue weighted by atomic mass is 9.92. The maximum absolute atomic E-state index is 10.4. The molecule has 0 spiro atoms. The number of carboxylic acid groups (broad SMARTS) is 1. The fraction of sp³-hybridized carbons (Fsp3) is 0.857. The predicted octanol–water partition coefficient (Wildman–Crippen LogP) is 0.317. The normalized spacial score (nSPS) is 21.7. The minimum atomic E-state index is -0.674. The van der Waals surface area contributed by atoms with Crippen molar-refractivity contribution in [3.8, 4) is 0 Å². The van der Waals surface area contributed by atoms with Crippen molar-refractivity contribution in [3.63, 3.8) is 0 Å². The smallest absolute Gasteiger partial charge is 0.306 e. The van der Waals surface area contributed by atoms with Crippen LogP contribution in [0.15, 0.2) is 0 Å². The lowest BCUT2D eigenvalue weighted by Crippen LogP contribution is -2.43. The molecule has 1 rings (SSSR count). The molecule has 0 amide bonds. The van der Waals surface area contributed by atoms with Crippen LogP contribution in [0.3, 0.4) is 0 Å². The molecule has 0 radical (unpaired) electrons. The molecule has 1 unspecified atom stereocenters. The van der Waals surface area contributed by atoms with Crippen molar-refractivity contribution in [2.24, 2.45) is 11.8 Å². The topological polar surface area (TPSA) is 49.3 Å². The molecule has 1 aliphatic heterocycles. The van der Waals surface area contributed by atoms with Crippen LogP contribution in [0, 0.1) is 11.8 Å². The number of rotatable bonds is 3. The Balaban J connectivity index is 2.16. The van der Waals surface area contributed by atoms with Gasteiger partial charge in [-0.15, -0.1) is 0 Å². The zero-order valence-corrected chi connectivity index (χ0v) is 6.13. The summed E-state index contributed by atoms with van der Waals surface area (Å²) in [5.74, 6) is -0.245. The summed E-state index contributed by atoms with van der Waals surface area (Å²) in [7, 11) is 0. The second-order valence-corrected chi connectivity index (χ2v) is 3.00. The van der Waals surface area contributed by atoms with E-state index in [4.69, 9.17) is 5.11 Å². The fourth-order valence-electron chi connectivity index (χ4n) is 1.12. The number of aliphatic carboxylic acids is 1. The molecule has 1 heterocycles. The van der Waals surface area contributed by atoms with Crippen LogP contribution in [0.4, 0.5) is 0 Å². The van der Waals surface area contributed by atoms with Gasteiger partial charge in [0.25, 0.3) is 0 Å². The second kappa shape index (κ2) is 3.01. The number of nitrogens with one attached hydrogen (secondary N) is 1. The summed E-state index contributed by atoms with van der Waals surface area (Å²) in [5.41, 5.74) is 0. The van der Waals surface area contributed by atoms with Crippen LogP contribution in [0.25, 0.3) is 0 Å². The fourth-order valence-corrected chi connectivity index (χ4v) is 1.12. The summed E-state index contributed by atoms with van der Waals surface area (Å²) in [6, 6.07) is 0. The first kappa shape index (κ1) is 7.54. The third kappa shape index (κ3) is 1.70. The van der Waals surface area contributed by atoms with Crippen LogP contribution in [0.1, 0.15) is 13.3 Å². The maximum atomic E-state index is 10.4. The third-order valence-electron chi connectivity index (χ3n) is 1.97. The minimum Gasteiger partial charge on any atom is -0.481 e. The first-order valence-corrected chi connectivity index (χ1v) is 3.63. The first-order chi connectivity index (χ1) is 4.70. The molecular weight excluding hydrogens is 130 g/mol. The van der Waals surface area contributed by atoms with Crippen LogP contribution < -0.4 is 5.32 Å². The molecule has 0 bridgehead atoms. The molecule has 1 fully saturated rings. The van der Waals surface area contributed by atoms with E-state index in [1.54, 1.807) is 6.92 Å². The van der Waals surface area contributed by atoms with E-state index in [-0.39, 0.29) is 5.92 Å². The van der Waals surface area contributed by atoms with E-state index >= 15 is 0 Å². The van der Waals surface area contributed by atoms with Crippen molar-refractivity contribution in [1.29, 1.82) is 0 Å². The average Bonchev–Trinajstić information content (AvgIpc) is 1.77. The predicted molar refractivity (Wildman–Crippen MR) is 37.8 cm³/mol. The molecule has 3 nitrogen and oxygen atoms in total. The van der Waals surface area contributed by atoms with E-state index in [9.17, 15) is 4.79 Å². The van der Waals surface area contributed by atoms with Gasteiger partial charge in [-0.05, 0) is 25.4 Å². The van der Waals surface area contributed by atoms with Crippen molar-refractivity contribution in [2.45, 2.75) is 13.3 Å². The largest absolute Gasteiger partial charge is 0.481 e. The van der Waals surface area contributed by atoms with Gasteiger partial charge in [0.2, 0.25) is 0 Å². The first-order valence-electron chi connectivity index (χ1n) is 3.63. The van der Waals surface area contributed by atoms with Gasteiger partial charge in [0.1, 0.15) is 0 Å². The zero-order chi connectivity index (χ0) is 7.56. The van der Waals surface area contributed by atoms with Crippen LogP contribution in [0.2, 0.25) is 0 Å². The number of hydrogen-bond donors (Lipinski definition) is 2. The second-order valence-electron chi connectivity index (χ2n) is 3.00. The zero-order valence-electron chi connectivity index (χ0n) is 6.13. The third-order valence-corrected chi connectivity index (χ3v) is 1.97. The Kier molecular flexibility index (Phi) is 2.27. The van der Waals surface area contributed by atoms with E-state index in [0.717, 1.165) is 19.5 Å². The molecule has 0 saturated carbocycles. The van der Waals surface area contributed by atoms with Gasteiger partial charge in [-0.3, -0.25) is 4.79 Å². The van der Waals surface area contributed by atoms with Crippen molar-refractivity contribution in [2.75, 3.05) is 13.1 Å². The highest BCUT2D eigenvalue weighted by Gasteiger charge is 2.22. The van der Waals surface area contributed by atoms with Gasteiger partial charge in [0.05, 0.1) is 5.92 Å². The van der Waals surface area contributed by atoms with Crippen molar-refractivity contribution >= 4 is 5.97 Å². The summed E-state index contributed by atoms with van der Waals surface area (Å²) in [5, 5.41) is 11.6. The quantitative estimate of drug-likeness (QED) is 0.598. The number of carboxylic acids is 1. The molecule has 0 aromatic heterocycles. The SMILES string of the molecule is CC(CC1CNC1)C(=O)O. The molecule has 1 saturated heterocycles. The number of hydrogen-bond acceptors (Lipinski definition) is 2. The molecule has 1 atom stereocenters. The summed E-state index contributed by atoms with van der Waals surface area (Å²) in [4.78, 5) is 10.4. The molecule has 3 heteroatoms. The van der Waals surface area contributed by atoms with Gasteiger partial charge in [-0.25, -0.2) is 0 Å². The van der Waals surface area contributed by atoms with E-state index in [0.29, 0.717) is 5.92 Å². The molecule has 0 aliphatic carbocycles. The highest BCUT2D eigenvalue weighted by atomic mass is 16.4. The van der Waals surface area contributed by atoms with Gasteiger partial charge >= 0.3 is 5.97 Å². The van der Waals surface area contributed by atoms with E-state index < -0.39 is 5.97 Å². The minimum absolute atomic E-state index is 0.174. The Morgan fingerprint density at radius 1 is 1.80 bits per heavy atom. The van der Waals surface area contributed by atoms with Gasteiger partial charge in [-0.1, -0.05) is 6.92 Å². The Labute approximate surface area is 60.4 Å². The molecule has 0 aromatic rings. The maximum Gasteiger partial charge on any atom is 0.306 e. The summed E-state index contributed by atoms with van der Waals surface area (Å²) < 4.78 is 0. The monoisotopic (exact) mass is 143 g/mol. The van der Waals surface area contributed by atoms with E-state index in [1.165, 1.54) is 0 Å². The Hall–Kier alpha value is -0.570. The van der Waals surface area contributed by atoms with Crippen LogP contribution in [-0.4, -0.2) is 24.2 Å². The molecule has 10 heavy (non-hydrogen) atoms. The lowest BCUT2D eigenvalue weighted by molar-refractivity contribution is -0.141. The number of carbonyl (C=O) groups is 1. The van der Waals surface area contributed by atoms with Gasteiger partial charge in [0, 0.05) is 0 Å².